The number of H-pyrrole nitrogens is 1. The molecule has 5 aromatic carbocycles. The Morgan fingerprint density at radius 1 is 0.515 bits per heavy atom. The number of rotatable bonds is 0. The number of hydrogen-bond acceptors (Lipinski definition) is 1. The summed E-state index contributed by atoms with van der Waals surface area (Å²) in [5.74, 6) is 1.84. The summed E-state index contributed by atoms with van der Waals surface area (Å²) in [6.07, 6.45) is 0. The van der Waals surface area contributed by atoms with Crippen LogP contribution in [-0.2, 0) is 5.41 Å². The van der Waals surface area contributed by atoms with Crippen LogP contribution in [0.25, 0.3) is 32.9 Å². The molecular weight excluding hydrogens is 402 g/mol. The van der Waals surface area contributed by atoms with Gasteiger partial charge in [0.1, 0.15) is 5.75 Å². The molecule has 6 aromatic rings. The fraction of sp³-hybridized carbons (Fsp3) is 0.0323. The number of aromatic amines is 1. The zero-order chi connectivity index (χ0) is 21.6. The van der Waals surface area contributed by atoms with Gasteiger partial charge in [0.05, 0.1) is 10.9 Å². The first-order valence-corrected chi connectivity index (χ1v) is 11.4. The zero-order valence-corrected chi connectivity index (χ0v) is 17.8. The van der Waals surface area contributed by atoms with E-state index in [0.29, 0.717) is 0 Å². The summed E-state index contributed by atoms with van der Waals surface area (Å²) < 4.78 is 6.71. The summed E-state index contributed by atoms with van der Waals surface area (Å²) >= 11 is 0. The molecule has 0 saturated heterocycles. The van der Waals surface area contributed by atoms with Gasteiger partial charge in [-0.15, -0.1) is 0 Å². The molecule has 1 spiro atoms. The zero-order valence-electron chi connectivity index (χ0n) is 17.8. The number of nitrogens with one attached hydrogen (secondary N) is 1. The molecule has 0 bridgehead atoms. The van der Waals surface area contributed by atoms with E-state index in [9.17, 15) is 0 Å². The Hall–Kier alpha value is -4.30. The maximum Gasteiger partial charge on any atom is 0.156 e. The van der Waals surface area contributed by atoms with Gasteiger partial charge in [-0.05, 0) is 34.4 Å². The predicted octanol–water partition coefficient (Wildman–Crippen LogP) is 7.79. The van der Waals surface area contributed by atoms with Gasteiger partial charge in [-0.25, -0.2) is 0 Å². The molecule has 2 heterocycles. The molecule has 1 N–H and O–H groups in total. The number of ether oxygens (including phenoxy) is 1. The molecule has 0 unspecified atom stereocenters. The molecule has 2 nitrogen and oxygen atoms in total. The lowest BCUT2D eigenvalue weighted by Gasteiger charge is -2.39. The first kappa shape index (κ1) is 17.3. The highest BCUT2D eigenvalue weighted by molar-refractivity contribution is 6.10. The molecule has 0 saturated carbocycles. The molecule has 0 atom stereocenters. The second-order valence-corrected chi connectivity index (χ2v) is 8.97. The molecule has 1 aliphatic carbocycles. The quantitative estimate of drug-likeness (QED) is 0.266. The molecule has 1 aromatic heterocycles. The average Bonchev–Trinajstić information content (AvgIpc) is 3.40. The van der Waals surface area contributed by atoms with E-state index in [-0.39, 0.29) is 0 Å². The van der Waals surface area contributed by atoms with E-state index >= 15 is 0 Å². The third kappa shape index (κ3) is 1.96. The predicted molar refractivity (Wildman–Crippen MR) is 133 cm³/mol. The highest BCUT2D eigenvalue weighted by Gasteiger charge is 2.51. The maximum atomic E-state index is 6.71. The third-order valence-corrected chi connectivity index (χ3v) is 7.49. The van der Waals surface area contributed by atoms with Crippen molar-refractivity contribution < 1.29 is 4.74 Å². The minimum atomic E-state index is -0.414. The molecular formula is C31H19NO. The van der Waals surface area contributed by atoms with Crippen LogP contribution in [0.4, 0.5) is 0 Å². The molecule has 1 aliphatic heterocycles. The van der Waals surface area contributed by atoms with Crippen LogP contribution in [-0.4, -0.2) is 4.98 Å². The number of benzene rings is 5. The Morgan fingerprint density at radius 3 is 1.94 bits per heavy atom. The SMILES string of the molecule is c1ccc2c(c1)Oc1c(ccc3c1[nH]c1ccccc13)C21c2ccccc2-c2ccccc21. The molecule has 8 rings (SSSR count). The summed E-state index contributed by atoms with van der Waals surface area (Å²) in [6.45, 7) is 0. The van der Waals surface area contributed by atoms with Gasteiger partial charge in [0.25, 0.3) is 0 Å². The molecule has 2 aliphatic rings. The van der Waals surface area contributed by atoms with Crippen molar-refractivity contribution in [2.24, 2.45) is 0 Å². The fourth-order valence-electron chi connectivity index (χ4n) is 6.23. The van der Waals surface area contributed by atoms with Gasteiger partial charge in [-0.2, -0.15) is 0 Å². The van der Waals surface area contributed by atoms with E-state index in [1.165, 1.54) is 44.2 Å². The highest BCUT2D eigenvalue weighted by atomic mass is 16.5. The number of fused-ring (bicyclic) bond motifs is 13. The molecule has 0 amide bonds. The van der Waals surface area contributed by atoms with Gasteiger partial charge >= 0.3 is 0 Å². The van der Waals surface area contributed by atoms with Crippen molar-refractivity contribution in [3.8, 4) is 22.6 Å². The molecule has 154 valence electrons. The van der Waals surface area contributed by atoms with Crippen LogP contribution in [0.3, 0.4) is 0 Å². The first-order chi connectivity index (χ1) is 16.4. The van der Waals surface area contributed by atoms with Crippen LogP contribution < -0.4 is 4.74 Å². The van der Waals surface area contributed by atoms with Crippen molar-refractivity contribution in [2.75, 3.05) is 0 Å². The minimum absolute atomic E-state index is 0.414. The van der Waals surface area contributed by atoms with Crippen LogP contribution in [0.1, 0.15) is 22.3 Å². The highest BCUT2D eigenvalue weighted by Crippen LogP contribution is 2.62. The van der Waals surface area contributed by atoms with E-state index in [1.54, 1.807) is 0 Å². The van der Waals surface area contributed by atoms with Crippen LogP contribution in [0.15, 0.2) is 109 Å². The summed E-state index contributed by atoms with van der Waals surface area (Å²) in [5.41, 5.74) is 9.40. The standard InChI is InChI=1S/C31H19NO/c1-4-12-23-19(9-1)20-10-2-5-13-24(20)31(23)25-14-6-8-16-28(25)33-30-26(31)18-17-22-21-11-3-7-15-27(21)32-29(22)30/h1-18,32H. The summed E-state index contributed by atoms with van der Waals surface area (Å²) in [6, 6.07) is 39.2. The van der Waals surface area contributed by atoms with Gasteiger partial charge in [0.15, 0.2) is 5.75 Å². The van der Waals surface area contributed by atoms with E-state index in [1.807, 2.05) is 0 Å². The molecule has 0 fully saturated rings. The first-order valence-electron chi connectivity index (χ1n) is 11.4. The van der Waals surface area contributed by atoms with Gasteiger partial charge in [-0.1, -0.05) is 97.1 Å². The Bertz CT molecular complexity index is 1710. The second-order valence-electron chi connectivity index (χ2n) is 8.97. The lowest BCUT2D eigenvalue weighted by atomic mass is 9.66. The van der Waals surface area contributed by atoms with Gasteiger partial charge in [-0.3, -0.25) is 0 Å². The number of aromatic nitrogens is 1. The van der Waals surface area contributed by atoms with E-state index in [2.05, 4.69) is 114 Å². The summed E-state index contributed by atoms with van der Waals surface area (Å²) in [4.78, 5) is 3.67. The van der Waals surface area contributed by atoms with Crippen molar-refractivity contribution >= 4 is 21.8 Å². The Kier molecular flexibility index (Phi) is 3.11. The van der Waals surface area contributed by atoms with Crippen LogP contribution in [0, 0.1) is 0 Å². The van der Waals surface area contributed by atoms with Crippen molar-refractivity contribution in [3.63, 3.8) is 0 Å². The van der Waals surface area contributed by atoms with Crippen molar-refractivity contribution in [3.05, 3.63) is 131 Å². The number of para-hydroxylation sites is 2. The van der Waals surface area contributed by atoms with Crippen molar-refractivity contribution in [1.82, 2.24) is 4.98 Å². The molecule has 33 heavy (non-hydrogen) atoms. The van der Waals surface area contributed by atoms with Crippen LogP contribution >= 0.6 is 0 Å². The smallest absolute Gasteiger partial charge is 0.156 e. The van der Waals surface area contributed by atoms with Crippen molar-refractivity contribution in [1.29, 1.82) is 0 Å². The largest absolute Gasteiger partial charge is 0.454 e. The van der Waals surface area contributed by atoms with Crippen molar-refractivity contribution in [2.45, 2.75) is 5.41 Å². The minimum Gasteiger partial charge on any atom is -0.454 e. The number of hydrogen-bond donors (Lipinski definition) is 1. The summed E-state index contributed by atoms with van der Waals surface area (Å²) in [5, 5.41) is 2.41. The lowest BCUT2D eigenvalue weighted by Crippen LogP contribution is -2.32. The monoisotopic (exact) mass is 421 g/mol. The topological polar surface area (TPSA) is 25.0 Å². The second kappa shape index (κ2) is 5.93. The van der Waals surface area contributed by atoms with Gasteiger partial charge in [0, 0.05) is 27.4 Å². The third-order valence-electron chi connectivity index (χ3n) is 7.49. The summed E-state index contributed by atoms with van der Waals surface area (Å²) in [7, 11) is 0. The van der Waals surface area contributed by atoms with E-state index < -0.39 is 5.41 Å². The van der Waals surface area contributed by atoms with E-state index in [4.69, 9.17) is 4.74 Å². The Labute approximate surface area is 191 Å². The lowest BCUT2D eigenvalue weighted by molar-refractivity contribution is 0.441. The van der Waals surface area contributed by atoms with Crippen LogP contribution in [0.2, 0.25) is 0 Å². The molecule has 2 heteroatoms. The molecule has 0 radical (unpaired) electrons. The van der Waals surface area contributed by atoms with E-state index in [0.717, 1.165) is 22.5 Å². The van der Waals surface area contributed by atoms with Crippen LogP contribution in [0.5, 0.6) is 11.5 Å². The fourth-order valence-corrected chi connectivity index (χ4v) is 6.23. The Morgan fingerprint density at radius 2 is 1.15 bits per heavy atom. The van der Waals surface area contributed by atoms with Gasteiger partial charge < -0.3 is 9.72 Å². The normalized spacial score (nSPS) is 14.5. The Balaban J connectivity index is 1.60. The maximum absolute atomic E-state index is 6.71. The van der Waals surface area contributed by atoms with Gasteiger partial charge in [0.2, 0.25) is 0 Å². The average molecular weight is 421 g/mol.